The molecule has 1 aromatic carbocycles. The van der Waals surface area contributed by atoms with Crippen molar-refractivity contribution in [2.24, 2.45) is 7.05 Å². The van der Waals surface area contributed by atoms with Gasteiger partial charge in [0.25, 0.3) is 0 Å². The average Bonchev–Trinajstić information content (AvgIpc) is 2.62. The largest absolute Gasteiger partial charge is 0.485 e. The van der Waals surface area contributed by atoms with Crippen LogP contribution in [0, 0.1) is 12.7 Å². The molecule has 0 aliphatic rings. The molecule has 0 unspecified atom stereocenters. The summed E-state index contributed by atoms with van der Waals surface area (Å²) in [7, 11) is 1.74. The number of hydrogen-bond acceptors (Lipinski definition) is 2. The second-order valence-corrected chi connectivity index (χ2v) is 4.75. The first-order valence-corrected chi connectivity index (χ1v) is 6.60. The van der Waals surface area contributed by atoms with Gasteiger partial charge in [-0.15, -0.1) is 11.6 Å². The Labute approximate surface area is 120 Å². The van der Waals surface area contributed by atoms with Gasteiger partial charge in [-0.05, 0) is 13.0 Å². The summed E-state index contributed by atoms with van der Waals surface area (Å²) in [5.74, 6) is -0.0834. The first-order valence-electron chi connectivity index (χ1n) is 5.68. The normalized spacial score (nSPS) is 10.8. The summed E-state index contributed by atoms with van der Waals surface area (Å²) >= 11 is 11.9. The number of para-hydroxylation sites is 1. The van der Waals surface area contributed by atoms with Gasteiger partial charge in [0, 0.05) is 18.2 Å². The minimum atomic E-state index is -0.434. The molecule has 0 amide bonds. The van der Waals surface area contributed by atoms with Crippen LogP contribution in [0.25, 0.3) is 0 Å². The molecule has 0 radical (unpaired) electrons. The van der Waals surface area contributed by atoms with Crippen LogP contribution >= 0.6 is 23.2 Å². The minimum absolute atomic E-state index is 0.156. The number of alkyl halides is 1. The molecule has 2 rings (SSSR count). The molecule has 0 bridgehead atoms. The van der Waals surface area contributed by atoms with E-state index in [1.165, 1.54) is 6.07 Å². The second-order valence-electron chi connectivity index (χ2n) is 4.13. The van der Waals surface area contributed by atoms with E-state index in [1.807, 2.05) is 6.92 Å². The van der Waals surface area contributed by atoms with Gasteiger partial charge < -0.3 is 4.74 Å². The van der Waals surface area contributed by atoms with Crippen molar-refractivity contribution in [3.8, 4) is 5.75 Å². The van der Waals surface area contributed by atoms with E-state index in [2.05, 4.69) is 5.10 Å². The van der Waals surface area contributed by atoms with E-state index in [1.54, 1.807) is 23.9 Å². The van der Waals surface area contributed by atoms with Crippen LogP contribution in [0.1, 0.15) is 16.8 Å². The Morgan fingerprint density at radius 3 is 2.74 bits per heavy atom. The highest BCUT2D eigenvalue weighted by Crippen LogP contribution is 2.27. The van der Waals surface area contributed by atoms with Crippen molar-refractivity contribution >= 4 is 23.2 Å². The topological polar surface area (TPSA) is 27.1 Å². The van der Waals surface area contributed by atoms with Crippen molar-refractivity contribution in [2.45, 2.75) is 19.4 Å². The Morgan fingerprint density at radius 1 is 1.42 bits per heavy atom. The van der Waals surface area contributed by atoms with E-state index in [0.717, 1.165) is 11.3 Å². The van der Waals surface area contributed by atoms with Crippen molar-refractivity contribution in [1.29, 1.82) is 0 Å². The Morgan fingerprint density at radius 2 is 2.16 bits per heavy atom. The third kappa shape index (κ3) is 2.85. The fourth-order valence-electron chi connectivity index (χ4n) is 1.80. The van der Waals surface area contributed by atoms with Gasteiger partial charge in [-0.25, -0.2) is 4.39 Å². The Balaban J connectivity index is 2.24. The summed E-state index contributed by atoms with van der Waals surface area (Å²) in [5, 5.41) is 4.66. The summed E-state index contributed by atoms with van der Waals surface area (Å²) in [4.78, 5) is 0. The van der Waals surface area contributed by atoms with E-state index < -0.39 is 5.82 Å². The molecule has 19 heavy (non-hydrogen) atoms. The molecule has 0 atom stereocenters. The molecule has 0 saturated carbocycles. The molecule has 3 nitrogen and oxygen atoms in total. The molecule has 0 N–H and O–H groups in total. The first kappa shape index (κ1) is 14.2. The highest BCUT2D eigenvalue weighted by molar-refractivity contribution is 6.30. The number of halogens is 3. The van der Waals surface area contributed by atoms with Crippen LogP contribution in [0.3, 0.4) is 0 Å². The number of ether oxygens (including phenoxy) is 1. The third-order valence-electron chi connectivity index (χ3n) is 2.82. The van der Waals surface area contributed by atoms with Gasteiger partial charge in [0.1, 0.15) is 11.8 Å². The first-order chi connectivity index (χ1) is 9.04. The maximum atomic E-state index is 13.7. The number of aryl methyl sites for hydroxylation is 2. The lowest BCUT2D eigenvalue weighted by Crippen LogP contribution is -2.01. The van der Waals surface area contributed by atoms with Gasteiger partial charge in [-0.3, -0.25) is 4.68 Å². The van der Waals surface area contributed by atoms with E-state index >= 15 is 0 Å². The predicted molar refractivity (Wildman–Crippen MR) is 73.2 cm³/mol. The molecule has 0 spiro atoms. The van der Waals surface area contributed by atoms with Gasteiger partial charge in [-0.2, -0.15) is 5.10 Å². The van der Waals surface area contributed by atoms with Gasteiger partial charge in [0.05, 0.1) is 11.6 Å². The fraction of sp³-hybridized carbons (Fsp3) is 0.308. The summed E-state index contributed by atoms with van der Waals surface area (Å²) in [6.07, 6.45) is 0. The van der Waals surface area contributed by atoms with Crippen LogP contribution < -0.4 is 4.74 Å². The van der Waals surface area contributed by atoms with Crippen LogP contribution in [-0.2, 0) is 19.5 Å². The Hall–Kier alpha value is -1.26. The number of aromatic nitrogens is 2. The third-order valence-corrected chi connectivity index (χ3v) is 3.58. The van der Waals surface area contributed by atoms with E-state index in [9.17, 15) is 4.39 Å². The van der Waals surface area contributed by atoms with Crippen LogP contribution in [0.2, 0.25) is 5.15 Å². The summed E-state index contributed by atoms with van der Waals surface area (Å²) in [6, 6.07) is 4.66. The zero-order valence-electron chi connectivity index (χ0n) is 10.6. The number of benzene rings is 1. The number of hydrogen-bond donors (Lipinski definition) is 0. The SMILES string of the molecule is Cc1nn(C)c(Cl)c1COc1c(F)cccc1CCl. The Bertz CT molecular complexity index is 599. The Kier molecular flexibility index (Phi) is 4.32. The van der Waals surface area contributed by atoms with Crippen molar-refractivity contribution in [2.75, 3.05) is 0 Å². The maximum Gasteiger partial charge on any atom is 0.165 e. The molecular weight excluding hydrogens is 290 g/mol. The zero-order chi connectivity index (χ0) is 14.0. The molecule has 1 heterocycles. The highest BCUT2D eigenvalue weighted by atomic mass is 35.5. The van der Waals surface area contributed by atoms with Crippen LogP contribution in [-0.4, -0.2) is 9.78 Å². The van der Waals surface area contributed by atoms with Crippen LogP contribution in [0.4, 0.5) is 4.39 Å². The van der Waals surface area contributed by atoms with Crippen LogP contribution in [0.15, 0.2) is 18.2 Å². The van der Waals surface area contributed by atoms with Gasteiger partial charge >= 0.3 is 0 Å². The minimum Gasteiger partial charge on any atom is -0.485 e. The van der Waals surface area contributed by atoms with Crippen molar-refractivity contribution in [3.63, 3.8) is 0 Å². The van der Waals surface area contributed by atoms with E-state index in [0.29, 0.717) is 10.7 Å². The number of rotatable bonds is 4. The molecule has 6 heteroatoms. The quantitative estimate of drug-likeness (QED) is 0.802. The molecule has 0 aliphatic carbocycles. The fourth-order valence-corrected chi connectivity index (χ4v) is 2.24. The molecular formula is C13H13Cl2FN2O. The molecule has 102 valence electrons. The standard InChI is InChI=1S/C13H13Cl2FN2O/c1-8-10(13(15)18(2)17-8)7-19-12-9(6-14)4-3-5-11(12)16/h3-5H,6-7H2,1-2H3. The summed E-state index contributed by atoms with van der Waals surface area (Å²) in [5.41, 5.74) is 2.11. The highest BCUT2D eigenvalue weighted by Gasteiger charge is 2.14. The smallest absolute Gasteiger partial charge is 0.165 e. The maximum absolute atomic E-state index is 13.7. The lowest BCUT2D eigenvalue weighted by atomic mass is 10.2. The molecule has 1 aromatic heterocycles. The molecule has 0 fully saturated rings. The van der Waals surface area contributed by atoms with Gasteiger partial charge in [0.15, 0.2) is 11.6 Å². The van der Waals surface area contributed by atoms with E-state index in [-0.39, 0.29) is 18.2 Å². The average molecular weight is 303 g/mol. The summed E-state index contributed by atoms with van der Waals surface area (Å²) in [6.45, 7) is 1.98. The zero-order valence-corrected chi connectivity index (χ0v) is 12.1. The predicted octanol–water partition coefficient (Wildman–Crippen LogP) is 3.84. The van der Waals surface area contributed by atoms with Crippen molar-refractivity contribution in [3.05, 3.63) is 46.0 Å². The molecule has 0 saturated heterocycles. The van der Waals surface area contributed by atoms with Crippen LogP contribution in [0.5, 0.6) is 5.75 Å². The lowest BCUT2D eigenvalue weighted by molar-refractivity contribution is 0.287. The number of nitrogens with zero attached hydrogens (tertiary/aromatic N) is 2. The van der Waals surface area contributed by atoms with E-state index in [4.69, 9.17) is 27.9 Å². The van der Waals surface area contributed by atoms with Gasteiger partial charge in [0.2, 0.25) is 0 Å². The van der Waals surface area contributed by atoms with Gasteiger partial charge in [-0.1, -0.05) is 23.7 Å². The monoisotopic (exact) mass is 302 g/mol. The lowest BCUT2D eigenvalue weighted by Gasteiger charge is -2.10. The van der Waals surface area contributed by atoms with Crippen molar-refractivity contribution < 1.29 is 9.13 Å². The second kappa shape index (κ2) is 5.80. The van der Waals surface area contributed by atoms with Crippen molar-refractivity contribution in [1.82, 2.24) is 9.78 Å². The summed E-state index contributed by atoms with van der Waals surface area (Å²) < 4.78 is 20.8. The molecule has 0 aliphatic heterocycles. The molecule has 2 aromatic rings.